The first-order valence-electron chi connectivity index (χ1n) is 5.94. The molecule has 0 aromatic carbocycles. The van der Waals surface area contributed by atoms with Crippen LogP contribution in [-0.2, 0) is 11.3 Å². The van der Waals surface area contributed by atoms with Crippen LogP contribution in [0.5, 0.6) is 0 Å². The number of oxazole rings is 1. The van der Waals surface area contributed by atoms with E-state index < -0.39 is 5.97 Å². The summed E-state index contributed by atoms with van der Waals surface area (Å²) in [7, 11) is 1.51. The lowest BCUT2D eigenvalue weighted by atomic mass is 9.89. The lowest BCUT2D eigenvalue weighted by Gasteiger charge is -2.17. The summed E-state index contributed by atoms with van der Waals surface area (Å²) in [5, 5.41) is 9.01. The Hall–Kier alpha value is -1.36. The third-order valence-corrected chi connectivity index (χ3v) is 3.14. The summed E-state index contributed by atoms with van der Waals surface area (Å²) in [6.45, 7) is 0.178. The van der Waals surface area contributed by atoms with Gasteiger partial charge in [0.15, 0.2) is 5.89 Å². The Morgan fingerprint density at radius 3 is 2.76 bits per heavy atom. The van der Waals surface area contributed by atoms with Crippen LogP contribution < -0.4 is 0 Å². The van der Waals surface area contributed by atoms with Gasteiger partial charge in [-0.3, -0.25) is 0 Å². The number of hydrogen-bond donors (Lipinski definition) is 1. The van der Waals surface area contributed by atoms with Gasteiger partial charge in [0.25, 0.3) is 0 Å². The first-order valence-corrected chi connectivity index (χ1v) is 5.94. The average Bonchev–Trinajstić information content (AvgIpc) is 2.75. The van der Waals surface area contributed by atoms with Gasteiger partial charge in [-0.2, -0.15) is 0 Å². The van der Waals surface area contributed by atoms with E-state index in [9.17, 15) is 4.79 Å². The van der Waals surface area contributed by atoms with E-state index in [4.69, 9.17) is 14.3 Å². The molecule has 1 N–H and O–H groups in total. The molecule has 17 heavy (non-hydrogen) atoms. The van der Waals surface area contributed by atoms with Gasteiger partial charge in [0, 0.05) is 13.0 Å². The van der Waals surface area contributed by atoms with Crippen molar-refractivity contribution in [1.82, 2.24) is 4.98 Å². The van der Waals surface area contributed by atoms with Crippen LogP contribution in [0.15, 0.2) is 4.42 Å². The van der Waals surface area contributed by atoms with Crippen molar-refractivity contribution in [3.05, 3.63) is 17.3 Å². The van der Waals surface area contributed by atoms with E-state index in [2.05, 4.69) is 4.98 Å². The van der Waals surface area contributed by atoms with Crippen molar-refractivity contribution < 1.29 is 19.1 Å². The van der Waals surface area contributed by atoms with E-state index in [1.54, 1.807) is 0 Å². The summed E-state index contributed by atoms with van der Waals surface area (Å²) in [5.74, 6) is -0.319. The number of methoxy groups -OCH3 is 1. The minimum Gasteiger partial charge on any atom is -0.475 e. The van der Waals surface area contributed by atoms with Gasteiger partial charge in [0.2, 0.25) is 5.76 Å². The Morgan fingerprint density at radius 2 is 2.18 bits per heavy atom. The average molecular weight is 239 g/mol. The Balaban J connectivity index is 2.22. The highest BCUT2D eigenvalue weighted by Gasteiger charge is 2.25. The predicted octanol–water partition coefficient (Wildman–Crippen LogP) is 2.57. The van der Waals surface area contributed by atoms with Gasteiger partial charge >= 0.3 is 5.97 Å². The van der Waals surface area contributed by atoms with Crippen LogP contribution in [-0.4, -0.2) is 23.2 Å². The molecule has 0 bridgehead atoms. The topological polar surface area (TPSA) is 72.6 Å². The number of rotatable bonds is 4. The zero-order valence-corrected chi connectivity index (χ0v) is 9.94. The normalized spacial score (nSPS) is 17.2. The van der Waals surface area contributed by atoms with E-state index in [-0.39, 0.29) is 18.3 Å². The minimum absolute atomic E-state index is 0.0765. The second-order valence-corrected chi connectivity index (χ2v) is 4.40. The number of ether oxygens (including phenoxy) is 1. The Kier molecular flexibility index (Phi) is 3.78. The van der Waals surface area contributed by atoms with Crippen LogP contribution in [0, 0.1) is 0 Å². The minimum atomic E-state index is -1.08. The van der Waals surface area contributed by atoms with Gasteiger partial charge in [-0.15, -0.1) is 0 Å². The highest BCUT2D eigenvalue weighted by Crippen LogP contribution is 2.33. The lowest BCUT2D eigenvalue weighted by Crippen LogP contribution is -2.04. The molecule has 1 heterocycles. The molecule has 0 unspecified atom stereocenters. The molecule has 5 heteroatoms. The number of carboxylic acids is 1. The fourth-order valence-electron chi connectivity index (χ4n) is 2.30. The van der Waals surface area contributed by atoms with Crippen molar-refractivity contribution in [2.75, 3.05) is 7.11 Å². The molecule has 0 radical (unpaired) electrons. The molecular weight excluding hydrogens is 222 g/mol. The van der Waals surface area contributed by atoms with Gasteiger partial charge in [-0.25, -0.2) is 9.78 Å². The largest absolute Gasteiger partial charge is 0.475 e. The van der Waals surface area contributed by atoms with Crippen molar-refractivity contribution in [3.8, 4) is 0 Å². The van der Waals surface area contributed by atoms with Crippen molar-refractivity contribution in [2.24, 2.45) is 0 Å². The van der Waals surface area contributed by atoms with E-state index in [0.717, 1.165) is 25.7 Å². The molecule has 1 aromatic heterocycles. The summed E-state index contributed by atoms with van der Waals surface area (Å²) in [4.78, 5) is 15.3. The van der Waals surface area contributed by atoms with Crippen LogP contribution in [0.2, 0.25) is 0 Å². The molecule has 0 saturated heterocycles. The third kappa shape index (κ3) is 2.66. The molecule has 1 saturated carbocycles. The van der Waals surface area contributed by atoms with Gasteiger partial charge < -0.3 is 14.3 Å². The number of hydrogen-bond acceptors (Lipinski definition) is 4. The molecule has 1 aliphatic carbocycles. The van der Waals surface area contributed by atoms with Crippen molar-refractivity contribution in [3.63, 3.8) is 0 Å². The summed E-state index contributed by atoms with van der Waals surface area (Å²) >= 11 is 0. The maximum absolute atomic E-state index is 11.0. The van der Waals surface area contributed by atoms with Gasteiger partial charge in [0.05, 0.1) is 6.61 Å². The van der Waals surface area contributed by atoms with E-state index in [1.165, 1.54) is 13.5 Å². The summed E-state index contributed by atoms with van der Waals surface area (Å²) in [6.07, 6.45) is 5.63. The molecule has 0 aliphatic heterocycles. The van der Waals surface area contributed by atoms with E-state index in [0.29, 0.717) is 11.6 Å². The zero-order chi connectivity index (χ0) is 12.3. The SMILES string of the molecule is COCc1nc(C2CCCCC2)oc1C(=O)O. The fraction of sp³-hybridized carbons (Fsp3) is 0.667. The van der Waals surface area contributed by atoms with Crippen LogP contribution in [0.1, 0.15) is 60.2 Å². The highest BCUT2D eigenvalue weighted by atomic mass is 16.5. The number of carbonyl (C=O) groups is 1. The van der Waals surface area contributed by atoms with Crippen LogP contribution in [0.4, 0.5) is 0 Å². The second kappa shape index (κ2) is 5.31. The predicted molar refractivity (Wildman–Crippen MR) is 60.0 cm³/mol. The molecule has 1 fully saturated rings. The van der Waals surface area contributed by atoms with Crippen LogP contribution in [0.3, 0.4) is 0 Å². The van der Waals surface area contributed by atoms with Crippen molar-refractivity contribution in [1.29, 1.82) is 0 Å². The van der Waals surface area contributed by atoms with Gasteiger partial charge in [-0.05, 0) is 12.8 Å². The maximum Gasteiger partial charge on any atom is 0.373 e. The molecule has 0 atom stereocenters. The summed E-state index contributed by atoms with van der Waals surface area (Å²) < 4.78 is 10.3. The van der Waals surface area contributed by atoms with E-state index in [1.807, 2.05) is 0 Å². The highest BCUT2D eigenvalue weighted by molar-refractivity contribution is 5.85. The molecule has 1 aliphatic rings. The van der Waals surface area contributed by atoms with Crippen LogP contribution >= 0.6 is 0 Å². The third-order valence-electron chi connectivity index (χ3n) is 3.14. The molecule has 2 rings (SSSR count). The van der Waals surface area contributed by atoms with Crippen molar-refractivity contribution in [2.45, 2.75) is 44.6 Å². The van der Waals surface area contributed by atoms with Crippen LogP contribution in [0.25, 0.3) is 0 Å². The zero-order valence-electron chi connectivity index (χ0n) is 9.94. The Labute approximate surface area is 99.8 Å². The number of aromatic carboxylic acids is 1. The Morgan fingerprint density at radius 1 is 1.47 bits per heavy atom. The number of nitrogens with zero attached hydrogens (tertiary/aromatic N) is 1. The number of carboxylic acid groups (broad SMARTS) is 1. The smallest absolute Gasteiger partial charge is 0.373 e. The summed E-state index contributed by atoms with van der Waals surface area (Å²) in [5.41, 5.74) is 0.389. The van der Waals surface area contributed by atoms with Crippen molar-refractivity contribution >= 4 is 5.97 Å². The van der Waals surface area contributed by atoms with Gasteiger partial charge in [0.1, 0.15) is 5.69 Å². The Bertz CT molecular complexity index is 393. The molecule has 0 spiro atoms. The quantitative estimate of drug-likeness (QED) is 0.874. The van der Waals surface area contributed by atoms with E-state index >= 15 is 0 Å². The first kappa shape index (κ1) is 12.1. The van der Waals surface area contributed by atoms with Gasteiger partial charge in [-0.1, -0.05) is 19.3 Å². The summed E-state index contributed by atoms with van der Waals surface area (Å²) in [6, 6.07) is 0. The molecule has 1 aromatic rings. The second-order valence-electron chi connectivity index (χ2n) is 4.40. The standard InChI is InChI=1S/C12H17NO4/c1-16-7-9-10(12(14)15)17-11(13-9)8-5-3-2-4-6-8/h8H,2-7H2,1H3,(H,14,15). The first-order chi connectivity index (χ1) is 8.22. The molecule has 94 valence electrons. The molecule has 0 amide bonds. The monoisotopic (exact) mass is 239 g/mol. The fourth-order valence-corrected chi connectivity index (χ4v) is 2.30. The maximum atomic E-state index is 11.0. The molecule has 5 nitrogen and oxygen atoms in total. The molecular formula is C12H17NO4. The lowest BCUT2D eigenvalue weighted by molar-refractivity contribution is 0.0652. The number of aromatic nitrogens is 1.